The second kappa shape index (κ2) is 10.5. The number of aromatic nitrogens is 1. The molecule has 0 radical (unpaired) electrons. The van der Waals surface area contributed by atoms with Gasteiger partial charge >= 0.3 is 0 Å². The van der Waals surface area contributed by atoms with Crippen molar-refractivity contribution in [2.24, 2.45) is 0 Å². The number of thiazole rings is 1. The first-order chi connectivity index (χ1) is 16.8. The van der Waals surface area contributed by atoms with Crippen molar-refractivity contribution in [3.63, 3.8) is 0 Å². The highest BCUT2D eigenvalue weighted by Gasteiger charge is 2.23. The van der Waals surface area contributed by atoms with Gasteiger partial charge in [0.1, 0.15) is 17.1 Å². The number of hydrogen-bond acceptors (Lipinski definition) is 6. The van der Waals surface area contributed by atoms with Gasteiger partial charge in [0, 0.05) is 12.5 Å². The Hall–Kier alpha value is -3.37. The number of fused-ring (bicyclic) bond motifs is 1. The lowest BCUT2D eigenvalue weighted by Crippen LogP contribution is -2.30. The minimum atomic E-state index is -3.59. The molecule has 0 aliphatic heterocycles. The molecule has 0 bridgehead atoms. The molecule has 1 heterocycles. The van der Waals surface area contributed by atoms with Crippen LogP contribution >= 0.6 is 11.3 Å². The van der Waals surface area contributed by atoms with E-state index in [1.807, 2.05) is 30.3 Å². The summed E-state index contributed by atoms with van der Waals surface area (Å²) in [5.74, 6) is -1.57. The smallest absolute Gasteiger partial charge is 0.229 e. The van der Waals surface area contributed by atoms with E-state index in [1.165, 1.54) is 30.2 Å². The molecule has 0 saturated carbocycles. The van der Waals surface area contributed by atoms with Gasteiger partial charge in [-0.15, -0.1) is 0 Å². The standard InChI is InChI=1S/C25H22F2N2O4S2/c1-33-19-9-11-20(12-10-19)35(31,32)13-5-8-23(30)29(16-17-6-3-2-4-7-17)25-28-24-21(27)14-18(26)15-22(24)34-25/h2-4,6-7,9-12,14-15H,5,8,13,16H2,1H3. The maximum Gasteiger partial charge on any atom is 0.229 e. The minimum absolute atomic E-state index is 0.0145. The van der Waals surface area contributed by atoms with E-state index in [0.29, 0.717) is 5.75 Å². The Balaban J connectivity index is 1.53. The predicted molar refractivity (Wildman–Crippen MR) is 131 cm³/mol. The summed E-state index contributed by atoms with van der Waals surface area (Å²) in [4.78, 5) is 19.0. The molecule has 6 nitrogen and oxygen atoms in total. The van der Waals surface area contributed by atoms with Crippen LogP contribution in [0, 0.1) is 11.6 Å². The lowest BCUT2D eigenvalue weighted by atomic mass is 10.2. The summed E-state index contributed by atoms with van der Waals surface area (Å²) < 4.78 is 58.6. The van der Waals surface area contributed by atoms with Gasteiger partial charge in [-0.1, -0.05) is 41.7 Å². The number of nitrogens with zero attached hydrogens (tertiary/aromatic N) is 2. The van der Waals surface area contributed by atoms with E-state index in [9.17, 15) is 22.0 Å². The minimum Gasteiger partial charge on any atom is -0.497 e. The van der Waals surface area contributed by atoms with E-state index in [0.717, 1.165) is 23.0 Å². The van der Waals surface area contributed by atoms with Crippen LogP contribution < -0.4 is 9.64 Å². The second-order valence-corrected chi connectivity index (χ2v) is 10.9. The van der Waals surface area contributed by atoms with Crippen LogP contribution in [0.25, 0.3) is 10.2 Å². The zero-order chi connectivity index (χ0) is 25.0. The summed E-state index contributed by atoms with van der Waals surface area (Å²) in [6.45, 7) is 0.162. The lowest BCUT2D eigenvalue weighted by molar-refractivity contribution is -0.118. The van der Waals surface area contributed by atoms with Gasteiger partial charge < -0.3 is 4.74 Å². The Bertz CT molecular complexity index is 1440. The second-order valence-electron chi connectivity index (χ2n) is 7.79. The molecular weight excluding hydrogens is 494 g/mol. The molecule has 4 rings (SSSR count). The molecule has 0 atom stereocenters. The summed E-state index contributed by atoms with van der Waals surface area (Å²) in [7, 11) is -2.10. The third-order valence-electron chi connectivity index (χ3n) is 5.34. The molecule has 0 aliphatic rings. The Labute approximate surface area is 205 Å². The van der Waals surface area contributed by atoms with Crippen molar-refractivity contribution < 1.29 is 26.7 Å². The number of anilines is 1. The molecule has 4 aromatic rings. The molecule has 0 aliphatic carbocycles. The first kappa shape index (κ1) is 24.7. The van der Waals surface area contributed by atoms with Crippen molar-refractivity contribution in [1.29, 1.82) is 0 Å². The van der Waals surface area contributed by atoms with E-state index in [1.54, 1.807) is 12.1 Å². The highest BCUT2D eigenvalue weighted by Crippen LogP contribution is 2.32. The largest absolute Gasteiger partial charge is 0.497 e. The van der Waals surface area contributed by atoms with Gasteiger partial charge in [-0.25, -0.2) is 22.2 Å². The number of carbonyl (C=O) groups is 1. The van der Waals surface area contributed by atoms with Crippen molar-refractivity contribution in [2.75, 3.05) is 17.8 Å². The number of rotatable bonds is 9. The summed E-state index contributed by atoms with van der Waals surface area (Å²) in [6.07, 6.45) is 0.0291. The number of amides is 1. The van der Waals surface area contributed by atoms with Crippen molar-refractivity contribution >= 4 is 42.4 Å². The summed E-state index contributed by atoms with van der Waals surface area (Å²) >= 11 is 1.00. The third kappa shape index (κ3) is 5.83. The van der Waals surface area contributed by atoms with Crippen LogP contribution in [-0.4, -0.2) is 32.2 Å². The molecule has 182 valence electrons. The fraction of sp³-hybridized carbons (Fsp3) is 0.200. The highest BCUT2D eigenvalue weighted by atomic mass is 32.2. The van der Waals surface area contributed by atoms with E-state index < -0.39 is 21.5 Å². The number of benzene rings is 3. The Morgan fingerprint density at radius 3 is 2.46 bits per heavy atom. The third-order valence-corrected chi connectivity index (χ3v) is 8.18. The van der Waals surface area contributed by atoms with Gasteiger partial charge in [-0.3, -0.25) is 9.69 Å². The van der Waals surface area contributed by atoms with Crippen molar-refractivity contribution in [3.8, 4) is 5.75 Å². The topological polar surface area (TPSA) is 76.6 Å². The molecule has 1 amide bonds. The normalized spacial score (nSPS) is 11.5. The number of halogens is 2. The maximum atomic E-state index is 14.2. The fourth-order valence-electron chi connectivity index (χ4n) is 3.54. The number of methoxy groups -OCH3 is 1. The molecule has 0 N–H and O–H groups in total. The van der Waals surface area contributed by atoms with Crippen LogP contribution in [0.15, 0.2) is 71.6 Å². The Morgan fingerprint density at radius 1 is 1.06 bits per heavy atom. The first-order valence-corrected chi connectivity index (χ1v) is 13.2. The van der Waals surface area contributed by atoms with Crippen molar-refractivity contribution in [1.82, 2.24) is 4.98 Å². The summed E-state index contributed by atoms with van der Waals surface area (Å²) in [6, 6.07) is 17.1. The van der Waals surface area contributed by atoms with E-state index in [-0.39, 0.29) is 51.3 Å². The fourth-order valence-corrected chi connectivity index (χ4v) is 5.87. The Morgan fingerprint density at radius 2 is 1.77 bits per heavy atom. The molecule has 1 aromatic heterocycles. The average molecular weight is 517 g/mol. The zero-order valence-electron chi connectivity index (χ0n) is 18.8. The van der Waals surface area contributed by atoms with Gasteiger partial charge in [0.2, 0.25) is 5.91 Å². The van der Waals surface area contributed by atoms with Gasteiger partial charge in [-0.05, 0) is 42.3 Å². The van der Waals surface area contributed by atoms with Crippen LogP contribution in [0.2, 0.25) is 0 Å². The van der Waals surface area contributed by atoms with Gasteiger partial charge in [0.25, 0.3) is 0 Å². The zero-order valence-corrected chi connectivity index (χ0v) is 20.4. The molecule has 0 spiro atoms. The van der Waals surface area contributed by atoms with E-state index in [2.05, 4.69) is 4.98 Å². The molecular formula is C25H22F2N2O4S2. The number of ether oxygens (including phenoxy) is 1. The first-order valence-electron chi connectivity index (χ1n) is 10.7. The predicted octanol–water partition coefficient (Wildman–Crippen LogP) is 5.37. The van der Waals surface area contributed by atoms with Crippen LogP contribution in [0.4, 0.5) is 13.9 Å². The van der Waals surface area contributed by atoms with Gasteiger partial charge in [-0.2, -0.15) is 0 Å². The molecule has 0 unspecified atom stereocenters. The summed E-state index contributed by atoms with van der Waals surface area (Å²) in [5, 5.41) is 0.219. The monoisotopic (exact) mass is 516 g/mol. The van der Waals surface area contributed by atoms with Crippen molar-refractivity contribution in [3.05, 3.63) is 83.9 Å². The number of hydrogen-bond donors (Lipinski definition) is 0. The van der Waals surface area contributed by atoms with Crippen LogP contribution in [0.3, 0.4) is 0 Å². The number of sulfone groups is 1. The summed E-state index contributed by atoms with van der Waals surface area (Å²) in [5.41, 5.74) is 0.803. The molecule has 3 aromatic carbocycles. The van der Waals surface area contributed by atoms with Crippen LogP contribution in [-0.2, 0) is 21.2 Å². The van der Waals surface area contributed by atoms with Crippen LogP contribution in [0.1, 0.15) is 18.4 Å². The maximum absolute atomic E-state index is 14.2. The van der Waals surface area contributed by atoms with Gasteiger partial charge in [0.05, 0.1) is 29.0 Å². The molecule has 35 heavy (non-hydrogen) atoms. The van der Waals surface area contributed by atoms with E-state index >= 15 is 0 Å². The molecule has 0 saturated heterocycles. The molecule has 10 heteroatoms. The average Bonchev–Trinajstić information content (AvgIpc) is 3.27. The van der Waals surface area contributed by atoms with Crippen LogP contribution in [0.5, 0.6) is 5.75 Å². The highest BCUT2D eigenvalue weighted by molar-refractivity contribution is 7.91. The van der Waals surface area contributed by atoms with Gasteiger partial charge in [0.15, 0.2) is 20.8 Å². The quantitative estimate of drug-likeness (QED) is 0.299. The number of carbonyl (C=O) groups excluding carboxylic acids is 1. The molecule has 0 fully saturated rings. The van der Waals surface area contributed by atoms with E-state index in [4.69, 9.17) is 4.74 Å². The Kier molecular flexibility index (Phi) is 7.42. The SMILES string of the molecule is COc1ccc(S(=O)(=O)CCCC(=O)N(Cc2ccccc2)c2nc3c(F)cc(F)cc3s2)cc1. The van der Waals surface area contributed by atoms with Crippen molar-refractivity contribution in [2.45, 2.75) is 24.3 Å². The lowest BCUT2D eigenvalue weighted by Gasteiger charge is -2.20.